The topological polar surface area (TPSA) is 118 Å². The average molecular weight is 530 g/mol. The SMILES string of the molecule is C=C(Oc1ccc(CC(NC(=O)OC(C)(C)C)C(=O)O)cc1)C1C(C(=O)N2CCN(C)CC2)[C@@H]2CC[C@H]1O2. The van der Waals surface area contributed by atoms with Crippen LogP contribution >= 0.6 is 0 Å². The molecule has 3 aliphatic rings. The highest BCUT2D eigenvalue weighted by Gasteiger charge is 2.55. The Morgan fingerprint density at radius 1 is 1.08 bits per heavy atom. The maximum atomic E-state index is 13.5. The molecule has 0 aliphatic carbocycles. The van der Waals surface area contributed by atoms with Gasteiger partial charge in [-0.1, -0.05) is 18.7 Å². The predicted molar refractivity (Wildman–Crippen MR) is 140 cm³/mol. The van der Waals surface area contributed by atoms with E-state index in [-0.39, 0.29) is 36.4 Å². The first kappa shape index (κ1) is 27.9. The number of fused-ring (bicyclic) bond motifs is 2. The van der Waals surface area contributed by atoms with Crippen molar-refractivity contribution in [3.8, 4) is 5.75 Å². The maximum absolute atomic E-state index is 13.5. The molecule has 2 amide bonds. The predicted octanol–water partition coefficient (Wildman–Crippen LogP) is 2.67. The van der Waals surface area contributed by atoms with E-state index in [0.717, 1.165) is 25.9 Å². The number of piperazine rings is 1. The zero-order valence-corrected chi connectivity index (χ0v) is 22.6. The normalized spacial score (nSPS) is 26.1. The van der Waals surface area contributed by atoms with Gasteiger partial charge in [0.1, 0.15) is 23.2 Å². The number of benzene rings is 1. The van der Waals surface area contributed by atoms with E-state index in [1.807, 2.05) is 4.90 Å². The van der Waals surface area contributed by atoms with Crippen LogP contribution in [0.15, 0.2) is 36.6 Å². The number of nitrogens with one attached hydrogen (secondary N) is 1. The van der Waals surface area contributed by atoms with Gasteiger partial charge in [-0.25, -0.2) is 9.59 Å². The molecule has 0 saturated carbocycles. The van der Waals surface area contributed by atoms with Crippen LogP contribution in [0.25, 0.3) is 0 Å². The van der Waals surface area contributed by atoms with E-state index in [0.29, 0.717) is 30.2 Å². The Labute approximate surface area is 223 Å². The van der Waals surface area contributed by atoms with Crippen molar-refractivity contribution in [1.29, 1.82) is 0 Å². The third-order valence-electron chi connectivity index (χ3n) is 7.35. The fourth-order valence-corrected chi connectivity index (χ4v) is 5.44. The molecule has 2 bridgehead atoms. The minimum atomic E-state index is -1.16. The number of aliphatic carboxylic acids is 1. The summed E-state index contributed by atoms with van der Waals surface area (Å²) >= 11 is 0. The molecule has 10 nitrogen and oxygen atoms in total. The highest BCUT2D eigenvalue weighted by Crippen LogP contribution is 2.47. The van der Waals surface area contributed by atoms with Gasteiger partial charge in [-0.3, -0.25) is 4.79 Å². The molecule has 3 heterocycles. The maximum Gasteiger partial charge on any atom is 0.408 e. The van der Waals surface area contributed by atoms with E-state index in [4.69, 9.17) is 14.2 Å². The molecule has 5 atom stereocenters. The number of nitrogens with zero attached hydrogens (tertiary/aromatic N) is 2. The van der Waals surface area contributed by atoms with Crippen LogP contribution in [0.3, 0.4) is 0 Å². The monoisotopic (exact) mass is 529 g/mol. The van der Waals surface area contributed by atoms with Gasteiger partial charge < -0.3 is 34.4 Å². The summed E-state index contributed by atoms with van der Waals surface area (Å²) in [7, 11) is 2.06. The van der Waals surface area contributed by atoms with E-state index in [1.54, 1.807) is 45.0 Å². The van der Waals surface area contributed by atoms with Crippen LogP contribution in [0.5, 0.6) is 5.75 Å². The molecular formula is C28H39N3O7. The summed E-state index contributed by atoms with van der Waals surface area (Å²) in [5.74, 6) is -0.495. The first-order chi connectivity index (χ1) is 17.9. The Bertz CT molecular complexity index is 1040. The van der Waals surface area contributed by atoms with Crippen LogP contribution in [0.1, 0.15) is 39.2 Å². The molecule has 3 saturated heterocycles. The van der Waals surface area contributed by atoms with Crippen LogP contribution in [0.4, 0.5) is 4.79 Å². The van der Waals surface area contributed by atoms with Crippen molar-refractivity contribution in [2.45, 2.75) is 63.9 Å². The third-order valence-corrected chi connectivity index (χ3v) is 7.35. The number of alkyl carbamates (subject to hydrolysis) is 1. The Kier molecular flexibility index (Phi) is 8.32. The molecular weight excluding hydrogens is 490 g/mol. The molecule has 3 fully saturated rings. The zero-order chi connectivity index (χ0) is 27.6. The van der Waals surface area contributed by atoms with Gasteiger partial charge in [0, 0.05) is 32.6 Å². The molecule has 3 aliphatic heterocycles. The Balaban J connectivity index is 1.37. The lowest BCUT2D eigenvalue weighted by Crippen LogP contribution is -2.52. The zero-order valence-electron chi connectivity index (χ0n) is 22.6. The lowest BCUT2D eigenvalue weighted by molar-refractivity contribution is -0.140. The minimum Gasteiger partial charge on any atom is -0.480 e. The molecule has 3 unspecified atom stereocenters. The number of hydrogen-bond donors (Lipinski definition) is 2. The highest BCUT2D eigenvalue weighted by molar-refractivity contribution is 5.81. The lowest BCUT2D eigenvalue weighted by Gasteiger charge is -2.37. The van der Waals surface area contributed by atoms with Crippen LogP contribution in [-0.2, 0) is 25.5 Å². The first-order valence-corrected chi connectivity index (χ1v) is 13.2. The summed E-state index contributed by atoms with van der Waals surface area (Å²) < 4.78 is 17.4. The Hall–Kier alpha value is -3.11. The number of carboxylic acids is 1. The van der Waals surface area contributed by atoms with E-state index < -0.39 is 23.7 Å². The van der Waals surface area contributed by atoms with E-state index in [9.17, 15) is 19.5 Å². The van der Waals surface area contributed by atoms with Crippen molar-refractivity contribution in [2.75, 3.05) is 33.2 Å². The summed E-state index contributed by atoms with van der Waals surface area (Å²) in [6.07, 6.45) is 0.862. The number of rotatable bonds is 8. The van der Waals surface area contributed by atoms with Gasteiger partial charge in [0.2, 0.25) is 5.91 Å². The van der Waals surface area contributed by atoms with Gasteiger partial charge in [0.05, 0.1) is 24.0 Å². The van der Waals surface area contributed by atoms with Crippen molar-refractivity contribution in [3.63, 3.8) is 0 Å². The fourth-order valence-electron chi connectivity index (χ4n) is 5.44. The van der Waals surface area contributed by atoms with E-state index in [2.05, 4.69) is 23.8 Å². The third kappa shape index (κ3) is 6.66. The molecule has 1 aromatic carbocycles. The van der Waals surface area contributed by atoms with Gasteiger partial charge in [0.15, 0.2) is 0 Å². The van der Waals surface area contributed by atoms with Gasteiger partial charge >= 0.3 is 12.1 Å². The van der Waals surface area contributed by atoms with Crippen molar-refractivity contribution in [2.24, 2.45) is 11.8 Å². The Morgan fingerprint density at radius 2 is 1.68 bits per heavy atom. The van der Waals surface area contributed by atoms with Gasteiger partial charge in [-0.2, -0.15) is 0 Å². The number of likely N-dealkylation sites (N-methyl/N-ethyl adjacent to an activating group) is 1. The number of amides is 2. The van der Waals surface area contributed by atoms with Crippen LogP contribution in [-0.4, -0.2) is 90.0 Å². The number of carboxylic acid groups (broad SMARTS) is 1. The van der Waals surface area contributed by atoms with E-state index >= 15 is 0 Å². The fraction of sp³-hybridized carbons (Fsp3) is 0.607. The van der Waals surface area contributed by atoms with E-state index in [1.165, 1.54) is 0 Å². The number of ether oxygens (including phenoxy) is 3. The molecule has 4 rings (SSSR count). The molecule has 38 heavy (non-hydrogen) atoms. The minimum absolute atomic E-state index is 0.0801. The van der Waals surface area contributed by atoms with Crippen molar-refractivity contribution >= 4 is 18.0 Å². The molecule has 10 heteroatoms. The number of hydrogen-bond acceptors (Lipinski definition) is 7. The van der Waals surface area contributed by atoms with Crippen LogP contribution < -0.4 is 10.1 Å². The number of carbonyl (C=O) groups excluding carboxylic acids is 2. The quantitative estimate of drug-likeness (QED) is 0.494. The summed E-state index contributed by atoms with van der Waals surface area (Å²) in [5.41, 5.74) is -0.0234. The second-order valence-corrected chi connectivity index (χ2v) is 11.4. The van der Waals surface area contributed by atoms with Crippen molar-refractivity contribution < 1.29 is 33.7 Å². The van der Waals surface area contributed by atoms with Gasteiger partial charge in [0.25, 0.3) is 0 Å². The molecule has 2 N–H and O–H groups in total. The second-order valence-electron chi connectivity index (χ2n) is 11.4. The molecule has 208 valence electrons. The van der Waals surface area contributed by atoms with Crippen molar-refractivity contribution in [1.82, 2.24) is 15.1 Å². The molecule has 0 radical (unpaired) electrons. The highest BCUT2D eigenvalue weighted by atomic mass is 16.6. The summed E-state index contributed by atoms with van der Waals surface area (Å²) in [4.78, 5) is 41.4. The molecule has 1 aromatic rings. The van der Waals surface area contributed by atoms with Crippen LogP contribution in [0.2, 0.25) is 0 Å². The van der Waals surface area contributed by atoms with Gasteiger partial charge in [-0.15, -0.1) is 0 Å². The van der Waals surface area contributed by atoms with Crippen LogP contribution in [0, 0.1) is 11.8 Å². The van der Waals surface area contributed by atoms with Crippen molar-refractivity contribution in [3.05, 3.63) is 42.2 Å². The largest absolute Gasteiger partial charge is 0.480 e. The second kappa shape index (κ2) is 11.3. The lowest BCUT2D eigenvalue weighted by atomic mass is 9.77. The van der Waals surface area contributed by atoms with Gasteiger partial charge in [-0.05, 0) is 58.4 Å². The average Bonchev–Trinajstić information content (AvgIpc) is 3.45. The first-order valence-electron chi connectivity index (χ1n) is 13.2. The Morgan fingerprint density at radius 3 is 2.26 bits per heavy atom. The standard InChI is InChI=1S/C28H39N3O7/c1-17(23-21-10-11-22(37-21)24(23)25(32)31-14-12-30(5)13-15-31)36-19-8-6-18(7-9-19)16-20(26(33)34)29-27(35)38-28(2,3)4/h6-9,20-24H,1,10-16H2,2-5H3,(H,29,35)(H,33,34)/t20?,21-,22+,23?,24?/m1/s1. The number of carbonyl (C=O) groups is 3. The molecule has 0 spiro atoms. The molecule has 0 aromatic heterocycles. The summed E-state index contributed by atoms with van der Waals surface area (Å²) in [6.45, 7) is 12.5. The summed E-state index contributed by atoms with van der Waals surface area (Å²) in [5, 5.41) is 12.0. The summed E-state index contributed by atoms with van der Waals surface area (Å²) in [6, 6.07) is 5.83. The smallest absolute Gasteiger partial charge is 0.408 e.